The number of hydrazone groups is 3. The van der Waals surface area contributed by atoms with Gasteiger partial charge in [-0.25, -0.2) is 16.3 Å². The highest BCUT2D eigenvalue weighted by molar-refractivity contribution is 6.11. The zero-order valence-corrected chi connectivity index (χ0v) is 28.8. The molecule has 0 unspecified atom stereocenters. The molecule has 3 rings (SSSR count). The smallest absolute Gasteiger partial charge is 0.255 e. The van der Waals surface area contributed by atoms with Gasteiger partial charge in [-0.2, -0.15) is 15.3 Å². The van der Waals surface area contributed by atoms with Crippen molar-refractivity contribution < 1.29 is 9.59 Å². The van der Waals surface area contributed by atoms with E-state index in [2.05, 4.69) is 53.7 Å². The van der Waals surface area contributed by atoms with Crippen molar-refractivity contribution in [2.45, 2.75) is 27.7 Å². The molecular formula is C32H42N18O2. The van der Waals surface area contributed by atoms with E-state index in [9.17, 15) is 9.59 Å². The molecule has 0 aromatic heterocycles. The third-order valence-corrected chi connectivity index (χ3v) is 6.51. The normalized spacial score (nSPS) is 11.2. The number of rotatable bonds is 11. The Morgan fingerprint density at radius 2 is 0.750 bits per heavy atom. The zero-order valence-electron chi connectivity index (χ0n) is 28.8. The number of carbonyl (C=O) groups is 2. The standard InChI is InChI=1S/C31H37N15O2.CH5N3/c1-15(32)21-9-22(16(2)41-44-29(33)34)12-25(11-21)39-27(47)19-5-7-20(8-6-19)28(48)40-26-13-23(17(3)42-45-30(35)36)10-24(14-26)18(4)43-46-31(37)38;2-1(3)4/h5-14,32H,1-4H3,(H,39,47)(H,40,48)(H4,33,34,44)(H4,35,36,45)(H4,37,38,46);(H5,2,3,4)/b32-15?,41-16+,42-17-,43-18-;. The van der Waals surface area contributed by atoms with Gasteiger partial charge in [0, 0.05) is 44.9 Å². The number of guanidine groups is 4. The summed E-state index contributed by atoms with van der Waals surface area (Å²) in [5.41, 5.74) is 37.5. The second-order valence-electron chi connectivity index (χ2n) is 10.8. The first-order valence-corrected chi connectivity index (χ1v) is 15.0. The number of amides is 2. The molecule has 20 heteroatoms. The van der Waals surface area contributed by atoms with Crippen molar-refractivity contribution in [3.8, 4) is 0 Å². The van der Waals surface area contributed by atoms with Crippen molar-refractivity contribution in [2.24, 2.45) is 44.0 Å². The van der Waals surface area contributed by atoms with Crippen LogP contribution < -0.4 is 55.6 Å². The molecule has 3 aromatic rings. The van der Waals surface area contributed by atoms with Gasteiger partial charge in [-0.15, -0.1) is 0 Å². The van der Waals surface area contributed by atoms with Crippen molar-refractivity contribution in [1.82, 2.24) is 16.3 Å². The van der Waals surface area contributed by atoms with Gasteiger partial charge in [0.2, 0.25) is 17.9 Å². The van der Waals surface area contributed by atoms with Crippen LogP contribution in [0.15, 0.2) is 76.0 Å². The molecule has 0 fully saturated rings. The molecule has 0 aliphatic heterocycles. The molecule has 0 aliphatic carbocycles. The molecule has 52 heavy (non-hydrogen) atoms. The van der Waals surface area contributed by atoms with Crippen molar-refractivity contribution in [2.75, 3.05) is 10.6 Å². The van der Waals surface area contributed by atoms with Crippen molar-refractivity contribution >= 4 is 69.9 Å². The average molecular weight is 711 g/mol. The van der Waals surface area contributed by atoms with Gasteiger partial charge in [-0.05, 0) is 93.9 Å². The third kappa shape index (κ3) is 13.5. The molecule has 2 amide bonds. The van der Waals surface area contributed by atoms with Crippen molar-refractivity contribution in [3.05, 3.63) is 94.0 Å². The first kappa shape index (κ1) is 40.5. The number of nitrogens with one attached hydrogen (secondary N) is 10. The molecule has 3 aromatic carbocycles. The lowest BCUT2D eigenvalue weighted by Gasteiger charge is -2.12. The average Bonchev–Trinajstić information content (AvgIpc) is 3.07. The van der Waals surface area contributed by atoms with Gasteiger partial charge in [0.1, 0.15) is 0 Å². The summed E-state index contributed by atoms with van der Waals surface area (Å²) in [4.78, 5) is 26.4. The van der Waals surface area contributed by atoms with Crippen LogP contribution in [0.3, 0.4) is 0 Å². The Bertz CT molecular complexity index is 1920. The molecule has 0 saturated carbocycles. The number of hydrogen-bond donors (Lipinski definition) is 15. The van der Waals surface area contributed by atoms with Crippen LogP contribution in [0.1, 0.15) is 70.7 Å². The highest BCUT2D eigenvalue weighted by atomic mass is 16.2. The lowest BCUT2D eigenvalue weighted by atomic mass is 10.0. The molecule has 0 spiro atoms. The summed E-state index contributed by atoms with van der Waals surface area (Å²) in [5.74, 6) is -2.25. The number of nitrogens with two attached hydrogens (primary N) is 5. The monoisotopic (exact) mass is 710 g/mol. The molecule has 0 saturated heterocycles. The molecule has 20 nitrogen and oxygen atoms in total. The molecule has 0 bridgehead atoms. The van der Waals surface area contributed by atoms with Crippen LogP contribution in [0, 0.1) is 27.0 Å². The molecule has 0 radical (unpaired) electrons. The maximum Gasteiger partial charge on any atom is 0.255 e. The Kier molecular flexibility index (Phi) is 14.6. The number of hydrogen-bond acceptors (Lipinski definition) is 10. The van der Waals surface area contributed by atoms with E-state index in [0.29, 0.717) is 50.8 Å². The lowest BCUT2D eigenvalue weighted by molar-refractivity contribution is 0.101. The van der Waals surface area contributed by atoms with E-state index in [1.807, 2.05) is 0 Å². The predicted octanol–water partition coefficient (Wildman–Crippen LogP) is 1.04. The van der Waals surface area contributed by atoms with E-state index in [4.69, 9.17) is 44.2 Å². The highest BCUT2D eigenvalue weighted by Gasteiger charge is 2.14. The van der Waals surface area contributed by atoms with Gasteiger partial charge in [-0.3, -0.25) is 31.2 Å². The first-order valence-electron chi connectivity index (χ1n) is 15.0. The van der Waals surface area contributed by atoms with Gasteiger partial charge in [-0.1, -0.05) is 0 Å². The Balaban J connectivity index is 0.00000222. The number of nitrogens with zero attached hydrogens (tertiary/aromatic N) is 3. The second-order valence-corrected chi connectivity index (χ2v) is 10.8. The van der Waals surface area contributed by atoms with Crippen molar-refractivity contribution in [3.63, 3.8) is 0 Å². The SMILES string of the molecule is CC(=N)c1cc(NC(=O)c2ccc(C(=O)Nc3cc(/C(C)=N\NC(=N)N)cc(/C(C)=N\NC(=N)N)c3)cc2)cc(/C(C)=N/NC(=N)N)c1.N=C(N)N. The fourth-order valence-corrected chi connectivity index (χ4v) is 4.05. The van der Waals surface area contributed by atoms with E-state index < -0.39 is 11.8 Å². The molecule has 0 aliphatic rings. The van der Waals surface area contributed by atoms with Crippen LogP contribution in [0.5, 0.6) is 0 Å². The minimum atomic E-state index is -0.453. The Labute approximate surface area is 298 Å². The fourth-order valence-electron chi connectivity index (χ4n) is 4.05. The summed E-state index contributed by atoms with van der Waals surface area (Å²) < 4.78 is 0. The largest absolute Gasteiger partial charge is 0.370 e. The van der Waals surface area contributed by atoms with Crippen molar-refractivity contribution in [1.29, 1.82) is 27.0 Å². The third-order valence-electron chi connectivity index (χ3n) is 6.51. The quantitative estimate of drug-likeness (QED) is 0.0761. The van der Waals surface area contributed by atoms with Gasteiger partial charge in [0.25, 0.3) is 11.8 Å². The molecular weight excluding hydrogens is 668 g/mol. The molecule has 20 N–H and O–H groups in total. The number of benzene rings is 3. The number of carbonyl (C=O) groups excluding carboxylic acids is 2. The minimum Gasteiger partial charge on any atom is -0.370 e. The molecule has 0 heterocycles. The van der Waals surface area contributed by atoms with Crippen LogP contribution in [0.4, 0.5) is 11.4 Å². The minimum absolute atomic E-state index is 0.276. The lowest BCUT2D eigenvalue weighted by Crippen LogP contribution is -2.27. The fraction of sp³-hybridized carbons (Fsp3) is 0.125. The topological polar surface area (TPSA) is 381 Å². The van der Waals surface area contributed by atoms with Gasteiger partial charge in [0.15, 0.2) is 5.96 Å². The second kappa shape index (κ2) is 18.8. The van der Waals surface area contributed by atoms with Gasteiger partial charge in [0.05, 0.1) is 17.1 Å². The molecule has 272 valence electrons. The summed E-state index contributed by atoms with van der Waals surface area (Å²) in [6.45, 7) is 6.69. The van der Waals surface area contributed by atoms with E-state index in [0.717, 1.165) is 0 Å². The van der Waals surface area contributed by atoms with E-state index in [1.165, 1.54) is 24.3 Å². The maximum atomic E-state index is 13.2. The van der Waals surface area contributed by atoms with Crippen LogP contribution in [0.25, 0.3) is 0 Å². The Hall–Kier alpha value is -7.64. The maximum absolute atomic E-state index is 13.2. The van der Waals surface area contributed by atoms with Crippen LogP contribution >= 0.6 is 0 Å². The summed E-state index contributed by atoms with van der Waals surface area (Å²) in [5, 5.41) is 54.0. The van der Waals surface area contributed by atoms with Gasteiger partial charge < -0.3 is 44.7 Å². The number of anilines is 2. The molecule has 0 atom stereocenters. The Morgan fingerprint density at radius 3 is 1.02 bits per heavy atom. The summed E-state index contributed by atoms with van der Waals surface area (Å²) in [6.07, 6.45) is 0. The van der Waals surface area contributed by atoms with Crippen LogP contribution in [-0.2, 0) is 0 Å². The van der Waals surface area contributed by atoms with Crippen LogP contribution in [0.2, 0.25) is 0 Å². The summed E-state index contributed by atoms with van der Waals surface area (Å²) in [6, 6.07) is 16.2. The van der Waals surface area contributed by atoms with E-state index >= 15 is 0 Å². The summed E-state index contributed by atoms with van der Waals surface area (Å²) >= 11 is 0. The van der Waals surface area contributed by atoms with Crippen LogP contribution in [-0.4, -0.2) is 58.5 Å². The first-order chi connectivity index (χ1) is 24.4. The zero-order chi connectivity index (χ0) is 39.1. The van der Waals surface area contributed by atoms with E-state index in [1.54, 1.807) is 64.1 Å². The highest BCUT2D eigenvalue weighted by Crippen LogP contribution is 2.20. The van der Waals surface area contributed by atoms with Gasteiger partial charge >= 0.3 is 0 Å². The predicted molar refractivity (Wildman–Crippen MR) is 206 cm³/mol. The summed E-state index contributed by atoms with van der Waals surface area (Å²) in [7, 11) is 0. The Morgan fingerprint density at radius 1 is 0.481 bits per heavy atom. The van der Waals surface area contributed by atoms with E-state index in [-0.39, 0.29) is 40.7 Å².